The van der Waals surface area contributed by atoms with Crippen LogP contribution in [0.4, 0.5) is 0 Å². The van der Waals surface area contributed by atoms with Crippen LogP contribution in [0, 0.1) is 30.6 Å². The first kappa shape index (κ1) is 14.7. The molecular formula is C16H24N2. The van der Waals surface area contributed by atoms with Gasteiger partial charge in [0.25, 0.3) is 0 Å². The van der Waals surface area contributed by atoms with Crippen molar-refractivity contribution in [1.82, 2.24) is 4.90 Å². The number of likely N-dealkylation sites (N-methyl/N-ethyl adjacent to an activating group) is 1. The lowest BCUT2D eigenvalue weighted by atomic mass is 9.95. The summed E-state index contributed by atoms with van der Waals surface area (Å²) in [4.78, 5) is 2.23. The Morgan fingerprint density at radius 2 is 1.89 bits per heavy atom. The summed E-state index contributed by atoms with van der Waals surface area (Å²) in [6.45, 7) is 10.1. The molecule has 0 saturated heterocycles. The van der Waals surface area contributed by atoms with E-state index < -0.39 is 0 Å². The van der Waals surface area contributed by atoms with Gasteiger partial charge in [-0.15, -0.1) is 0 Å². The molecule has 0 aliphatic heterocycles. The molecule has 0 atom stereocenters. The van der Waals surface area contributed by atoms with Gasteiger partial charge in [0.15, 0.2) is 0 Å². The van der Waals surface area contributed by atoms with Crippen molar-refractivity contribution in [2.24, 2.45) is 5.41 Å². The van der Waals surface area contributed by atoms with Crippen molar-refractivity contribution in [3.8, 4) is 6.07 Å². The van der Waals surface area contributed by atoms with Gasteiger partial charge in [0, 0.05) is 13.1 Å². The molecule has 0 N–H and O–H groups in total. The first-order valence-electron chi connectivity index (χ1n) is 6.50. The van der Waals surface area contributed by atoms with Gasteiger partial charge < -0.3 is 4.90 Å². The summed E-state index contributed by atoms with van der Waals surface area (Å²) < 4.78 is 0. The van der Waals surface area contributed by atoms with Crippen LogP contribution in [-0.2, 0) is 6.42 Å². The molecule has 1 aromatic rings. The highest BCUT2D eigenvalue weighted by Crippen LogP contribution is 2.15. The largest absolute Gasteiger partial charge is 0.304 e. The molecule has 0 aliphatic rings. The third-order valence-corrected chi connectivity index (χ3v) is 3.32. The Hall–Kier alpha value is -1.33. The van der Waals surface area contributed by atoms with Crippen LogP contribution in [0.2, 0.25) is 0 Å². The highest BCUT2D eigenvalue weighted by molar-refractivity contribution is 5.30. The third-order valence-electron chi connectivity index (χ3n) is 3.32. The first-order valence-corrected chi connectivity index (χ1v) is 6.50. The zero-order chi connectivity index (χ0) is 13.8. The number of hydrogen-bond donors (Lipinski definition) is 0. The van der Waals surface area contributed by atoms with Gasteiger partial charge in [0.2, 0.25) is 0 Å². The number of aryl methyl sites for hydroxylation is 2. The van der Waals surface area contributed by atoms with Crippen molar-refractivity contribution >= 4 is 0 Å². The second-order valence-electron chi connectivity index (χ2n) is 5.90. The highest BCUT2D eigenvalue weighted by atomic mass is 15.1. The molecule has 18 heavy (non-hydrogen) atoms. The first-order chi connectivity index (χ1) is 8.34. The number of nitrogens with zero attached hydrogens (tertiary/aromatic N) is 2. The number of rotatable bonds is 5. The average Bonchev–Trinajstić information content (AvgIpc) is 2.30. The van der Waals surface area contributed by atoms with Gasteiger partial charge in [-0.3, -0.25) is 0 Å². The van der Waals surface area contributed by atoms with Crippen molar-refractivity contribution < 1.29 is 0 Å². The van der Waals surface area contributed by atoms with Crippen LogP contribution in [0.1, 0.15) is 30.5 Å². The van der Waals surface area contributed by atoms with Crippen molar-refractivity contribution in [2.45, 2.75) is 34.1 Å². The minimum Gasteiger partial charge on any atom is -0.304 e. The van der Waals surface area contributed by atoms with Gasteiger partial charge in [0.05, 0.1) is 11.5 Å². The molecule has 0 radical (unpaired) electrons. The van der Waals surface area contributed by atoms with Gasteiger partial charge in [-0.25, -0.2) is 0 Å². The minimum atomic E-state index is -0.266. The van der Waals surface area contributed by atoms with Crippen LogP contribution in [-0.4, -0.2) is 25.0 Å². The Kier molecular flexibility index (Phi) is 4.93. The maximum absolute atomic E-state index is 9.02. The van der Waals surface area contributed by atoms with Crippen molar-refractivity contribution in [2.75, 3.05) is 20.1 Å². The molecule has 1 aromatic carbocycles. The van der Waals surface area contributed by atoms with Crippen molar-refractivity contribution in [1.29, 1.82) is 5.26 Å². The monoisotopic (exact) mass is 244 g/mol. The molecule has 0 heterocycles. The zero-order valence-electron chi connectivity index (χ0n) is 12.2. The Bertz CT molecular complexity index is 441. The zero-order valence-corrected chi connectivity index (χ0v) is 12.2. The van der Waals surface area contributed by atoms with E-state index in [1.807, 2.05) is 13.8 Å². The second kappa shape index (κ2) is 6.02. The standard InChI is InChI=1S/C16H24N2/c1-13-6-7-15(10-14(13)2)8-9-18(5)12-16(3,4)11-17/h6-7,10H,8-9,12H2,1-5H3. The summed E-state index contributed by atoms with van der Waals surface area (Å²) in [5.74, 6) is 0. The van der Waals surface area contributed by atoms with Gasteiger partial charge in [-0.1, -0.05) is 18.2 Å². The topological polar surface area (TPSA) is 27.0 Å². The number of nitriles is 1. The fourth-order valence-electron chi connectivity index (χ4n) is 2.07. The van der Waals surface area contributed by atoms with Crippen LogP contribution >= 0.6 is 0 Å². The normalized spacial score (nSPS) is 11.6. The molecule has 0 unspecified atom stereocenters. The summed E-state index contributed by atoms with van der Waals surface area (Å²) in [7, 11) is 2.08. The fourth-order valence-corrected chi connectivity index (χ4v) is 2.07. The summed E-state index contributed by atoms with van der Waals surface area (Å²) in [6.07, 6.45) is 1.04. The van der Waals surface area contributed by atoms with Crippen LogP contribution in [0.3, 0.4) is 0 Å². The van der Waals surface area contributed by atoms with Gasteiger partial charge in [-0.05, 0) is 57.9 Å². The molecule has 0 bridgehead atoms. The Balaban J connectivity index is 2.50. The summed E-state index contributed by atoms with van der Waals surface area (Å²) in [5.41, 5.74) is 3.81. The van der Waals surface area contributed by atoms with E-state index in [1.165, 1.54) is 16.7 Å². The Morgan fingerprint density at radius 1 is 1.22 bits per heavy atom. The molecule has 0 saturated carbocycles. The van der Waals surface area contributed by atoms with E-state index in [2.05, 4.69) is 50.1 Å². The average molecular weight is 244 g/mol. The van der Waals surface area contributed by atoms with Crippen molar-refractivity contribution in [3.63, 3.8) is 0 Å². The van der Waals surface area contributed by atoms with E-state index in [1.54, 1.807) is 0 Å². The second-order valence-corrected chi connectivity index (χ2v) is 5.90. The lowest BCUT2D eigenvalue weighted by molar-refractivity contribution is 0.258. The van der Waals surface area contributed by atoms with Gasteiger partial charge in [-0.2, -0.15) is 5.26 Å². The van der Waals surface area contributed by atoms with E-state index in [4.69, 9.17) is 5.26 Å². The predicted molar refractivity (Wildman–Crippen MR) is 76.5 cm³/mol. The fraction of sp³-hybridized carbons (Fsp3) is 0.562. The number of benzene rings is 1. The van der Waals surface area contributed by atoms with Crippen LogP contribution < -0.4 is 0 Å². The van der Waals surface area contributed by atoms with E-state index in [9.17, 15) is 0 Å². The van der Waals surface area contributed by atoms with E-state index in [0.717, 1.165) is 19.5 Å². The molecule has 0 amide bonds. The molecular weight excluding hydrogens is 220 g/mol. The quantitative estimate of drug-likeness (QED) is 0.794. The summed E-state index contributed by atoms with van der Waals surface area (Å²) in [5, 5.41) is 9.02. The Labute approximate surface area is 111 Å². The maximum atomic E-state index is 9.02. The summed E-state index contributed by atoms with van der Waals surface area (Å²) in [6, 6.07) is 8.99. The van der Waals surface area contributed by atoms with Gasteiger partial charge in [0.1, 0.15) is 0 Å². The molecule has 0 aliphatic carbocycles. The maximum Gasteiger partial charge on any atom is 0.0697 e. The van der Waals surface area contributed by atoms with Crippen LogP contribution in [0.15, 0.2) is 18.2 Å². The van der Waals surface area contributed by atoms with Crippen LogP contribution in [0.25, 0.3) is 0 Å². The Morgan fingerprint density at radius 3 is 2.44 bits per heavy atom. The van der Waals surface area contributed by atoms with E-state index >= 15 is 0 Å². The lowest BCUT2D eigenvalue weighted by Gasteiger charge is -2.24. The van der Waals surface area contributed by atoms with Crippen molar-refractivity contribution in [3.05, 3.63) is 34.9 Å². The third kappa shape index (κ3) is 4.50. The smallest absolute Gasteiger partial charge is 0.0697 e. The molecule has 0 aromatic heterocycles. The van der Waals surface area contributed by atoms with Gasteiger partial charge >= 0.3 is 0 Å². The minimum absolute atomic E-state index is 0.266. The highest BCUT2D eigenvalue weighted by Gasteiger charge is 2.18. The molecule has 98 valence electrons. The van der Waals surface area contributed by atoms with E-state index in [0.29, 0.717) is 0 Å². The molecule has 0 fully saturated rings. The van der Waals surface area contributed by atoms with Crippen LogP contribution in [0.5, 0.6) is 0 Å². The van der Waals surface area contributed by atoms with E-state index in [-0.39, 0.29) is 5.41 Å². The molecule has 0 spiro atoms. The predicted octanol–water partition coefficient (Wildman–Crippen LogP) is 3.33. The summed E-state index contributed by atoms with van der Waals surface area (Å²) >= 11 is 0. The molecule has 2 heteroatoms. The SMILES string of the molecule is Cc1ccc(CCN(C)CC(C)(C)C#N)cc1C. The number of hydrogen-bond acceptors (Lipinski definition) is 2. The lowest BCUT2D eigenvalue weighted by Crippen LogP contribution is -2.31. The molecule has 1 rings (SSSR count). The molecule has 2 nitrogen and oxygen atoms in total.